The van der Waals surface area contributed by atoms with Crippen LogP contribution < -0.4 is 0 Å². The number of hydrogen-bond acceptors (Lipinski definition) is 6. The summed E-state index contributed by atoms with van der Waals surface area (Å²) in [5.41, 5.74) is 4.02. The highest BCUT2D eigenvalue weighted by molar-refractivity contribution is 5.76. The molecule has 0 spiro atoms. The number of carbonyl (C=O) groups excluding carboxylic acids is 1. The lowest BCUT2D eigenvalue weighted by Crippen LogP contribution is -2.64. The first kappa shape index (κ1) is 24.4. The van der Waals surface area contributed by atoms with E-state index in [-0.39, 0.29) is 26.2 Å². The van der Waals surface area contributed by atoms with Crippen molar-refractivity contribution in [3.8, 4) is 11.5 Å². The number of fused-ring (bicyclic) bond motifs is 1. The summed E-state index contributed by atoms with van der Waals surface area (Å²) in [4.78, 5) is 36.7. The Morgan fingerprint density at radius 1 is 0.946 bits per heavy atom. The van der Waals surface area contributed by atoms with E-state index < -0.39 is 22.8 Å². The average Bonchev–Trinajstić information content (AvgIpc) is 3.41. The Kier molecular flexibility index (Phi) is 7.11. The minimum Gasteiger partial charge on any atom is -0.477 e. The Morgan fingerprint density at radius 3 is 2.35 bits per heavy atom. The van der Waals surface area contributed by atoms with Crippen LogP contribution in [0.2, 0.25) is 0 Å². The molecule has 0 aliphatic carbocycles. The number of rotatable bonds is 8. The monoisotopic (exact) mass is 499 g/mol. The van der Waals surface area contributed by atoms with Crippen molar-refractivity contribution in [2.75, 3.05) is 6.61 Å². The Bertz CT molecular complexity index is 1370. The zero-order valence-corrected chi connectivity index (χ0v) is 20.2. The molecular formula is C29H27N2O6+. The van der Waals surface area contributed by atoms with E-state index in [9.17, 15) is 14.7 Å². The largest absolute Gasteiger partial charge is 0.551 e. The topological polar surface area (TPSA) is 98.9 Å². The van der Waals surface area contributed by atoms with E-state index >= 15 is 0 Å². The molecule has 0 bridgehead atoms. The maximum atomic E-state index is 13.6. The Hall–Kier alpha value is -4.27. The van der Waals surface area contributed by atoms with Gasteiger partial charge in [-0.05, 0) is 23.3 Å². The molecule has 2 atom stereocenters. The molecule has 37 heavy (non-hydrogen) atoms. The summed E-state index contributed by atoms with van der Waals surface area (Å²) in [5.74, 6) is -0.643. The summed E-state index contributed by atoms with van der Waals surface area (Å²) in [6.45, 7) is 0.114. The molecular weight excluding hydrogens is 472 g/mol. The van der Waals surface area contributed by atoms with Gasteiger partial charge in [-0.25, -0.2) is 9.78 Å². The standard InChI is InChI=1S/C29H26N2O6/c32-28(33)26-17-23-13-7-8-14-24(23)18-31(26,29(34)36-19-21-9-3-1-4-10-21)37-16-15-25-20-35-27(30-25)22-11-5-2-6-12-22/h1-14,20,26H,15-19H2/p+1. The highest BCUT2D eigenvalue weighted by Crippen LogP contribution is 2.33. The number of benzene rings is 3. The molecule has 5 rings (SSSR count). The molecule has 8 heteroatoms. The number of carboxylic acids is 1. The SMILES string of the molecule is O=C(O)C1Cc2ccccc2C[N+]1(OCCc1coc(-c2ccccc2)n1)C(=O)OCc1ccccc1. The lowest BCUT2D eigenvalue weighted by atomic mass is 9.94. The molecule has 1 aliphatic heterocycles. The average molecular weight is 500 g/mol. The fraction of sp³-hybridized carbons (Fsp3) is 0.207. The van der Waals surface area contributed by atoms with Gasteiger partial charge in [0.15, 0.2) is 0 Å². The summed E-state index contributed by atoms with van der Waals surface area (Å²) in [6.07, 6.45) is 1.28. The van der Waals surface area contributed by atoms with Gasteiger partial charge in [-0.3, -0.25) is 0 Å². The molecule has 1 N–H and O–H groups in total. The van der Waals surface area contributed by atoms with Crippen LogP contribution in [0.5, 0.6) is 0 Å². The number of quaternary nitrogens is 1. The quantitative estimate of drug-likeness (QED) is 0.334. The predicted octanol–water partition coefficient (Wildman–Crippen LogP) is 5.18. The predicted molar refractivity (Wildman–Crippen MR) is 134 cm³/mol. The van der Waals surface area contributed by atoms with Crippen molar-refractivity contribution in [3.63, 3.8) is 0 Å². The number of aliphatic carboxylic acids is 1. The van der Waals surface area contributed by atoms with Crippen LogP contribution in [0.4, 0.5) is 4.79 Å². The van der Waals surface area contributed by atoms with Crippen LogP contribution in [-0.4, -0.2) is 39.4 Å². The summed E-state index contributed by atoms with van der Waals surface area (Å²) >= 11 is 0. The first-order valence-corrected chi connectivity index (χ1v) is 12.1. The number of hydrogen-bond donors (Lipinski definition) is 1. The number of carbonyl (C=O) groups is 2. The molecule has 0 saturated carbocycles. The molecule has 4 aromatic rings. The molecule has 0 radical (unpaired) electrons. The van der Waals surface area contributed by atoms with Crippen molar-refractivity contribution in [1.29, 1.82) is 0 Å². The van der Waals surface area contributed by atoms with Gasteiger partial charge in [-0.2, -0.15) is 9.63 Å². The smallest absolute Gasteiger partial charge is 0.477 e. The van der Waals surface area contributed by atoms with Gasteiger partial charge in [0.05, 0.1) is 5.69 Å². The fourth-order valence-corrected chi connectivity index (χ4v) is 4.55. The third-order valence-electron chi connectivity index (χ3n) is 6.49. The van der Waals surface area contributed by atoms with Gasteiger partial charge in [0, 0.05) is 24.0 Å². The zero-order chi connectivity index (χ0) is 25.7. The molecule has 0 fully saturated rings. The molecule has 0 saturated heterocycles. The molecule has 2 heterocycles. The van der Waals surface area contributed by atoms with Crippen molar-refractivity contribution in [2.45, 2.75) is 32.0 Å². The van der Waals surface area contributed by atoms with Crippen molar-refractivity contribution >= 4 is 12.1 Å². The van der Waals surface area contributed by atoms with Crippen molar-refractivity contribution < 1.29 is 33.3 Å². The van der Waals surface area contributed by atoms with Crippen LogP contribution in [0.3, 0.4) is 0 Å². The Balaban J connectivity index is 1.38. The van der Waals surface area contributed by atoms with Gasteiger partial charge in [0.25, 0.3) is 0 Å². The normalized spacial score (nSPS) is 18.6. The van der Waals surface area contributed by atoms with Gasteiger partial charge in [-0.15, -0.1) is 0 Å². The summed E-state index contributed by atoms with van der Waals surface area (Å²) in [7, 11) is 0. The van der Waals surface area contributed by atoms with E-state index in [0.717, 1.165) is 22.3 Å². The van der Waals surface area contributed by atoms with Crippen LogP contribution >= 0.6 is 0 Å². The van der Waals surface area contributed by atoms with Gasteiger partial charge in [-0.1, -0.05) is 77.4 Å². The number of nitrogens with zero attached hydrogens (tertiary/aromatic N) is 2. The highest BCUT2D eigenvalue weighted by Gasteiger charge is 2.56. The van der Waals surface area contributed by atoms with Crippen LogP contribution in [0.15, 0.2) is 95.6 Å². The van der Waals surface area contributed by atoms with Gasteiger partial charge >= 0.3 is 12.1 Å². The first-order chi connectivity index (χ1) is 18.0. The zero-order valence-electron chi connectivity index (χ0n) is 20.2. The lowest BCUT2D eigenvalue weighted by Gasteiger charge is -2.39. The number of amides is 1. The van der Waals surface area contributed by atoms with Crippen LogP contribution in [0.1, 0.15) is 22.4 Å². The molecule has 1 aliphatic rings. The van der Waals surface area contributed by atoms with E-state index in [2.05, 4.69) is 4.98 Å². The van der Waals surface area contributed by atoms with Crippen molar-refractivity contribution in [1.82, 2.24) is 4.98 Å². The fourth-order valence-electron chi connectivity index (χ4n) is 4.55. The highest BCUT2D eigenvalue weighted by atomic mass is 16.8. The van der Waals surface area contributed by atoms with E-state index in [1.807, 2.05) is 84.9 Å². The minimum atomic E-state index is -1.16. The molecule has 3 aromatic carbocycles. The minimum absolute atomic E-state index is 0.0146. The number of oxazole rings is 1. The van der Waals surface area contributed by atoms with Crippen LogP contribution in [0.25, 0.3) is 11.5 Å². The number of aromatic nitrogens is 1. The summed E-state index contributed by atoms with van der Waals surface area (Å²) in [5, 5.41) is 10.1. The number of hydroxylamine groups is 3. The van der Waals surface area contributed by atoms with Crippen molar-refractivity contribution in [2.24, 2.45) is 0 Å². The van der Waals surface area contributed by atoms with E-state index in [1.165, 1.54) is 0 Å². The molecule has 8 nitrogen and oxygen atoms in total. The Labute approximate surface area is 214 Å². The number of ether oxygens (including phenoxy) is 1. The van der Waals surface area contributed by atoms with Gasteiger partial charge < -0.3 is 14.3 Å². The molecule has 2 unspecified atom stereocenters. The third-order valence-corrected chi connectivity index (χ3v) is 6.49. The van der Waals surface area contributed by atoms with Crippen LogP contribution in [0, 0.1) is 0 Å². The van der Waals surface area contributed by atoms with E-state index in [0.29, 0.717) is 18.0 Å². The third kappa shape index (κ3) is 5.30. The first-order valence-electron chi connectivity index (χ1n) is 12.1. The van der Waals surface area contributed by atoms with Gasteiger partial charge in [0.2, 0.25) is 11.9 Å². The lowest BCUT2D eigenvalue weighted by molar-refractivity contribution is -1.07. The van der Waals surface area contributed by atoms with Gasteiger partial charge in [0.1, 0.15) is 26.0 Å². The molecule has 1 aromatic heterocycles. The second kappa shape index (κ2) is 10.8. The molecule has 188 valence electrons. The van der Waals surface area contributed by atoms with Crippen LogP contribution in [-0.2, 0) is 40.4 Å². The second-order valence-electron chi connectivity index (χ2n) is 8.91. The maximum Gasteiger partial charge on any atom is 0.551 e. The Morgan fingerprint density at radius 2 is 1.62 bits per heavy atom. The van der Waals surface area contributed by atoms with E-state index in [4.69, 9.17) is 14.0 Å². The number of carboxylic acid groups (broad SMARTS) is 1. The second-order valence-corrected chi connectivity index (χ2v) is 8.91. The van der Waals surface area contributed by atoms with E-state index in [1.54, 1.807) is 6.26 Å². The molecule has 1 amide bonds. The maximum absolute atomic E-state index is 13.6. The summed E-state index contributed by atoms with van der Waals surface area (Å²) < 4.78 is 10.5. The van der Waals surface area contributed by atoms with Crippen molar-refractivity contribution in [3.05, 3.63) is 114 Å². The summed E-state index contributed by atoms with van der Waals surface area (Å²) in [6, 6.07) is 25.1.